The van der Waals surface area contributed by atoms with Gasteiger partial charge in [0.1, 0.15) is 5.67 Å². The number of alkyl halides is 1. The predicted octanol–water partition coefficient (Wildman–Crippen LogP) is 15.1. The third-order valence-electron chi connectivity index (χ3n) is 16.3. The van der Waals surface area contributed by atoms with Crippen LogP contribution in [0.5, 0.6) is 0 Å². The van der Waals surface area contributed by atoms with Crippen LogP contribution in [0.3, 0.4) is 0 Å². The van der Waals surface area contributed by atoms with Crippen molar-refractivity contribution in [2.45, 2.75) is 208 Å². The standard InChI is InChI=1S/C11H21F.C10H20.2C9H18O.C9H18/c1-8(2)11(9(3)4)6-10(5,12)7-11;1-8(2)10(9(3)4)6-5-7-10;1-7(2)9(8(3)4)5-10-6-9;1-7(2)9(8(3)4)5-6-10-9;1-7(2)9(5-6-9)8(3)4/h8-9H,6-7H2,1-5H3;8-9H,5-7H2,1-4H3;2*7-8H,5-6H2,1-4H3;7-8H,5-6H2,1-4H3. The number of rotatable bonds is 10. The number of hydrogen-bond donors (Lipinski definition) is 0. The van der Waals surface area contributed by atoms with Crippen molar-refractivity contribution in [3.8, 4) is 0 Å². The zero-order valence-electron chi connectivity index (χ0n) is 38.7. The molecule has 5 aliphatic rings. The molecule has 0 aromatic rings. The highest BCUT2D eigenvalue weighted by Crippen LogP contribution is 2.59. The van der Waals surface area contributed by atoms with E-state index in [1.807, 2.05) is 0 Å². The van der Waals surface area contributed by atoms with Crippen LogP contribution in [0, 0.1) is 80.8 Å². The quantitative estimate of drug-likeness (QED) is 0.223. The van der Waals surface area contributed by atoms with E-state index in [-0.39, 0.29) is 11.0 Å². The van der Waals surface area contributed by atoms with E-state index >= 15 is 0 Å². The molecule has 3 aliphatic carbocycles. The van der Waals surface area contributed by atoms with Crippen molar-refractivity contribution in [3.63, 3.8) is 0 Å². The van der Waals surface area contributed by atoms with Gasteiger partial charge < -0.3 is 9.47 Å². The second kappa shape index (κ2) is 19.1. The Morgan fingerprint density at radius 1 is 0.392 bits per heavy atom. The number of halogens is 1. The Bertz CT molecular complexity index is 836. The fourth-order valence-corrected chi connectivity index (χ4v) is 10.8. The molecule has 3 saturated carbocycles. The molecule has 0 N–H and O–H groups in total. The minimum Gasteiger partial charge on any atom is -0.380 e. The van der Waals surface area contributed by atoms with E-state index < -0.39 is 5.67 Å². The van der Waals surface area contributed by atoms with Crippen molar-refractivity contribution in [1.29, 1.82) is 0 Å². The van der Waals surface area contributed by atoms with Gasteiger partial charge in [-0.25, -0.2) is 4.39 Å². The molecule has 2 nitrogen and oxygen atoms in total. The molecule has 5 fully saturated rings. The first kappa shape index (κ1) is 48.9. The Morgan fingerprint density at radius 2 is 0.686 bits per heavy atom. The highest BCUT2D eigenvalue weighted by atomic mass is 19.1. The van der Waals surface area contributed by atoms with Gasteiger partial charge in [-0.05, 0) is 121 Å². The lowest BCUT2D eigenvalue weighted by molar-refractivity contribution is -0.200. The van der Waals surface area contributed by atoms with E-state index in [2.05, 4.69) is 138 Å². The molecule has 0 amide bonds. The van der Waals surface area contributed by atoms with Crippen molar-refractivity contribution in [1.82, 2.24) is 0 Å². The smallest absolute Gasteiger partial charge is 0.109 e. The molecule has 0 unspecified atom stereocenters. The van der Waals surface area contributed by atoms with Crippen molar-refractivity contribution < 1.29 is 13.9 Å². The molecule has 0 spiro atoms. The third-order valence-corrected chi connectivity index (χ3v) is 16.3. The summed E-state index contributed by atoms with van der Waals surface area (Å²) >= 11 is 0. The summed E-state index contributed by atoms with van der Waals surface area (Å²) in [5, 5.41) is 0. The minimum absolute atomic E-state index is 0.222. The van der Waals surface area contributed by atoms with Crippen molar-refractivity contribution >= 4 is 0 Å². The summed E-state index contributed by atoms with van der Waals surface area (Å²) in [4.78, 5) is 0. The predicted molar refractivity (Wildman–Crippen MR) is 224 cm³/mol. The lowest BCUT2D eigenvalue weighted by atomic mass is 9.51. The van der Waals surface area contributed by atoms with Gasteiger partial charge in [0, 0.05) is 11.8 Å². The molecule has 2 heterocycles. The molecule has 2 saturated heterocycles. The van der Waals surface area contributed by atoms with E-state index in [0.29, 0.717) is 29.1 Å². The minimum atomic E-state index is -0.880. The zero-order chi connectivity index (χ0) is 40.0. The molecule has 0 bridgehead atoms. The van der Waals surface area contributed by atoms with Crippen molar-refractivity contribution in [2.24, 2.45) is 80.8 Å². The van der Waals surface area contributed by atoms with E-state index in [0.717, 1.165) is 79.0 Å². The van der Waals surface area contributed by atoms with Crippen LogP contribution in [0.4, 0.5) is 4.39 Å². The first-order valence-corrected chi connectivity index (χ1v) is 22.1. The molecule has 0 atom stereocenters. The van der Waals surface area contributed by atoms with E-state index in [4.69, 9.17) is 9.47 Å². The highest BCUT2D eigenvalue weighted by Gasteiger charge is 2.55. The molecule has 5 rings (SSSR count). The fraction of sp³-hybridized carbons (Fsp3) is 1.00. The normalized spacial score (nSPS) is 24.0. The average Bonchev–Trinajstić information content (AvgIpc) is 3.67. The van der Waals surface area contributed by atoms with Gasteiger partial charge in [0.25, 0.3) is 0 Å². The molecule has 3 heteroatoms. The Morgan fingerprint density at radius 3 is 0.706 bits per heavy atom. The molecule has 51 heavy (non-hydrogen) atoms. The lowest BCUT2D eigenvalue weighted by Gasteiger charge is -2.56. The molecular formula is C48H95FO2. The largest absolute Gasteiger partial charge is 0.380 e. The topological polar surface area (TPSA) is 18.5 Å². The van der Waals surface area contributed by atoms with Crippen LogP contribution in [0.25, 0.3) is 0 Å². The maximum absolute atomic E-state index is 13.4. The summed E-state index contributed by atoms with van der Waals surface area (Å²) in [6, 6.07) is 0. The van der Waals surface area contributed by atoms with Gasteiger partial charge in [-0.1, -0.05) is 145 Å². The van der Waals surface area contributed by atoms with E-state index in [9.17, 15) is 4.39 Å². The van der Waals surface area contributed by atoms with Gasteiger partial charge in [-0.15, -0.1) is 0 Å². The van der Waals surface area contributed by atoms with Crippen molar-refractivity contribution in [2.75, 3.05) is 19.8 Å². The summed E-state index contributed by atoms with van der Waals surface area (Å²) < 4.78 is 24.3. The lowest BCUT2D eigenvalue weighted by Crippen LogP contribution is -2.53. The first-order chi connectivity index (χ1) is 23.2. The Hall–Kier alpha value is -0.150. The Kier molecular flexibility index (Phi) is 18.3. The highest BCUT2D eigenvalue weighted by molar-refractivity contribution is 5.05. The molecule has 306 valence electrons. The molecule has 2 aliphatic heterocycles. The van der Waals surface area contributed by atoms with Gasteiger partial charge in [0.05, 0.1) is 25.4 Å². The second-order valence-electron chi connectivity index (χ2n) is 21.6. The van der Waals surface area contributed by atoms with Crippen LogP contribution in [-0.2, 0) is 9.47 Å². The fourth-order valence-electron chi connectivity index (χ4n) is 10.8. The van der Waals surface area contributed by atoms with Crippen LogP contribution in [-0.4, -0.2) is 31.1 Å². The van der Waals surface area contributed by atoms with Crippen LogP contribution in [0.1, 0.15) is 197 Å². The zero-order valence-corrected chi connectivity index (χ0v) is 38.7. The first-order valence-electron chi connectivity index (χ1n) is 22.1. The molecule has 0 aromatic heterocycles. The van der Waals surface area contributed by atoms with Gasteiger partial charge in [-0.2, -0.15) is 0 Å². The summed E-state index contributed by atoms with van der Waals surface area (Å²) in [6.45, 7) is 50.6. The molecule has 0 radical (unpaired) electrons. The van der Waals surface area contributed by atoms with Gasteiger partial charge in [0.2, 0.25) is 0 Å². The summed E-state index contributed by atoms with van der Waals surface area (Å²) in [6.07, 6.45) is 10.1. The number of hydrogen-bond acceptors (Lipinski definition) is 2. The SMILES string of the molecule is CC(C)C1(C(C)C)CC(C)(F)C1.CC(C)C1(C(C)C)CC1.CC(C)C1(C(C)C)CCC1.CC(C)C1(C(C)C)CCO1.CC(C)C1(C(C)C)COC1. The van der Waals surface area contributed by atoms with Crippen LogP contribution in [0.15, 0.2) is 0 Å². The molecule has 0 aromatic carbocycles. The Balaban J connectivity index is 0.000000320. The van der Waals surface area contributed by atoms with Gasteiger partial charge >= 0.3 is 0 Å². The maximum atomic E-state index is 13.4. The summed E-state index contributed by atoms with van der Waals surface area (Å²) in [5.74, 6) is 7.67. The van der Waals surface area contributed by atoms with Crippen LogP contribution < -0.4 is 0 Å². The van der Waals surface area contributed by atoms with Crippen LogP contribution >= 0.6 is 0 Å². The summed E-state index contributed by atoms with van der Waals surface area (Å²) in [7, 11) is 0. The third kappa shape index (κ3) is 11.2. The monoisotopic (exact) mass is 723 g/mol. The Labute approximate surface area is 321 Å². The van der Waals surface area contributed by atoms with Gasteiger partial charge in [-0.3, -0.25) is 0 Å². The molecular weight excluding hydrogens is 628 g/mol. The average molecular weight is 723 g/mol. The van der Waals surface area contributed by atoms with E-state index in [1.165, 1.54) is 38.5 Å². The number of ether oxygens (including phenoxy) is 2. The summed E-state index contributed by atoms with van der Waals surface area (Å²) in [5.41, 5.74) is 1.60. The second-order valence-corrected chi connectivity index (χ2v) is 21.6. The van der Waals surface area contributed by atoms with E-state index in [1.54, 1.807) is 6.92 Å². The van der Waals surface area contributed by atoms with Crippen molar-refractivity contribution in [3.05, 3.63) is 0 Å². The van der Waals surface area contributed by atoms with Gasteiger partial charge in [0.15, 0.2) is 0 Å². The maximum Gasteiger partial charge on any atom is 0.109 e. The van der Waals surface area contributed by atoms with Crippen LogP contribution in [0.2, 0.25) is 0 Å².